The monoisotopic (exact) mass is 396 g/mol. The standard InChI is InChI=1S/C21H21ClN4O2/c1-14-24-17-4-2-3-5-18(17)26(14)11-19(27)25-12-21(13-25,20(23)28)10-15-6-8-16(22)9-7-15/h2-9H,10-13H2,1H3,(H2,23,28). The molecule has 1 saturated heterocycles. The minimum Gasteiger partial charge on any atom is -0.369 e. The Balaban J connectivity index is 1.47. The molecule has 0 aliphatic carbocycles. The van der Waals surface area contributed by atoms with Gasteiger partial charge in [-0.3, -0.25) is 9.59 Å². The molecule has 1 aliphatic heterocycles. The van der Waals surface area contributed by atoms with Crippen LogP contribution in [0.3, 0.4) is 0 Å². The van der Waals surface area contributed by atoms with E-state index < -0.39 is 5.41 Å². The first-order valence-electron chi connectivity index (χ1n) is 9.12. The highest BCUT2D eigenvalue weighted by atomic mass is 35.5. The fourth-order valence-corrected chi connectivity index (χ4v) is 3.97. The summed E-state index contributed by atoms with van der Waals surface area (Å²) >= 11 is 5.93. The lowest BCUT2D eigenvalue weighted by atomic mass is 9.74. The number of benzene rings is 2. The molecule has 7 heteroatoms. The number of hydrogen-bond donors (Lipinski definition) is 1. The summed E-state index contributed by atoms with van der Waals surface area (Å²) in [6.45, 7) is 2.74. The van der Waals surface area contributed by atoms with Crippen molar-refractivity contribution in [2.24, 2.45) is 11.1 Å². The fourth-order valence-electron chi connectivity index (χ4n) is 3.84. The molecule has 1 aliphatic rings. The van der Waals surface area contributed by atoms with Crippen LogP contribution in [0.5, 0.6) is 0 Å². The van der Waals surface area contributed by atoms with Crippen molar-refractivity contribution < 1.29 is 9.59 Å². The van der Waals surface area contributed by atoms with Crippen LogP contribution >= 0.6 is 11.6 Å². The molecule has 2 aromatic carbocycles. The van der Waals surface area contributed by atoms with Gasteiger partial charge in [-0.25, -0.2) is 4.98 Å². The topological polar surface area (TPSA) is 81.2 Å². The molecule has 2 N–H and O–H groups in total. The first-order chi connectivity index (χ1) is 13.4. The Morgan fingerprint density at radius 2 is 1.82 bits per heavy atom. The van der Waals surface area contributed by atoms with Gasteiger partial charge >= 0.3 is 0 Å². The summed E-state index contributed by atoms with van der Waals surface area (Å²) in [5, 5.41) is 0.644. The Kier molecular flexibility index (Phi) is 4.59. The maximum Gasteiger partial charge on any atom is 0.242 e. The molecule has 28 heavy (non-hydrogen) atoms. The maximum absolute atomic E-state index is 12.8. The zero-order valence-corrected chi connectivity index (χ0v) is 16.3. The number of aryl methyl sites for hydroxylation is 1. The normalized spacial score (nSPS) is 15.4. The van der Waals surface area contributed by atoms with Crippen LogP contribution in [0.15, 0.2) is 48.5 Å². The van der Waals surface area contributed by atoms with Gasteiger partial charge in [0.2, 0.25) is 11.8 Å². The number of nitrogens with two attached hydrogens (primary N) is 1. The maximum atomic E-state index is 12.8. The van der Waals surface area contributed by atoms with E-state index in [9.17, 15) is 9.59 Å². The smallest absolute Gasteiger partial charge is 0.242 e. The van der Waals surface area contributed by atoms with E-state index in [4.69, 9.17) is 17.3 Å². The van der Waals surface area contributed by atoms with Crippen LogP contribution in [-0.2, 0) is 22.6 Å². The summed E-state index contributed by atoms with van der Waals surface area (Å²) in [5.41, 5.74) is 7.73. The van der Waals surface area contributed by atoms with Crippen LogP contribution in [0.2, 0.25) is 5.02 Å². The Morgan fingerprint density at radius 3 is 2.50 bits per heavy atom. The zero-order chi connectivity index (χ0) is 19.9. The summed E-state index contributed by atoms with van der Waals surface area (Å²) in [5.74, 6) is 0.368. The van der Waals surface area contributed by atoms with Crippen LogP contribution in [0.1, 0.15) is 11.4 Å². The lowest BCUT2D eigenvalue weighted by molar-refractivity contribution is -0.152. The third kappa shape index (κ3) is 3.24. The molecule has 1 aromatic heterocycles. The van der Waals surface area contributed by atoms with Crippen molar-refractivity contribution >= 4 is 34.4 Å². The highest BCUT2D eigenvalue weighted by Gasteiger charge is 2.49. The number of halogens is 1. The van der Waals surface area contributed by atoms with Crippen molar-refractivity contribution in [2.45, 2.75) is 19.9 Å². The van der Waals surface area contributed by atoms with Crippen LogP contribution < -0.4 is 5.73 Å². The van der Waals surface area contributed by atoms with Gasteiger partial charge in [0.15, 0.2) is 0 Å². The van der Waals surface area contributed by atoms with Gasteiger partial charge in [-0.1, -0.05) is 35.9 Å². The predicted octanol–water partition coefficient (Wildman–Crippen LogP) is 2.55. The average molecular weight is 397 g/mol. The van der Waals surface area contributed by atoms with E-state index >= 15 is 0 Å². The second-order valence-electron chi connectivity index (χ2n) is 7.43. The highest BCUT2D eigenvalue weighted by Crippen LogP contribution is 2.34. The quantitative estimate of drug-likeness (QED) is 0.719. The zero-order valence-electron chi connectivity index (χ0n) is 15.6. The van der Waals surface area contributed by atoms with Crippen LogP contribution in [-0.4, -0.2) is 39.4 Å². The molecule has 4 rings (SSSR count). The lowest BCUT2D eigenvalue weighted by Gasteiger charge is -2.48. The second kappa shape index (κ2) is 6.95. The van der Waals surface area contributed by atoms with Crippen molar-refractivity contribution in [1.29, 1.82) is 0 Å². The number of amides is 2. The lowest BCUT2D eigenvalue weighted by Crippen LogP contribution is -2.65. The number of primary amides is 1. The van der Waals surface area contributed by atoms with Crippen molar-refractivity contribution in [3.63, 3.8) is 0 Å². The number of fused-ring (bicyclic) bond motifs is 1. The molecule has 0 spiro atoms. The Hall–Kier alpha value is -2.86. The molecule has 3 aromatic rings. The number of hydrogen-bond acceptors (Lipinski definition) is 3. The van der Waals surface area contributed by atoms with E-state index in [0.29, 0.717) is 24.5 Å². The van der Waals surface area contributed by atoms with Gasteiger partial charge < -0.3 is 15.2 Å². The molecule has 144 valence electrons. The Morgan fingerprint density at radius 1 is 1.14 bits per heavy atom. The number of likely N-dealkylation sites (tertiary alicyclic amines) is 1. The summed E-state index contributed by atoms with van der Waals surface area (Å²) < 4.78 is 1.90. The Bertz CT molecular complexity index is 1050. The van der Waals surface area contributed by atoms with Crippen molar-refractivity contribution in [1.82, 2.24) is 14.5 Å². The molecule has 2 amide bonds. The third-order valence-electron chi connectivity index (χ3n) is 5.46. The first-order valence-corrected chi connectivity index (χ1v) is 9.50. The van der Waals surface area contributed by atoms with Crippen LogP contribution in [0.25, 0.3) is 11.0 Å². The second-order valence-corrected chi connectivity index (χ2v) is 7.87. The largest absolute Gasteiger partial charge is 0.369 e. The summed E-state index contributed by atoms with van der Waals surface area (Å²) in [7, 11) is 0. The molecule has 2 heterocycles. The molecule has 0 unspecified atom stereocenters. The number of imidazole rings is 1. The average Bonchev–Trinajstić information content (AvgIpc) is 2.94. The third-order valence-corrected chi connectivity index (χ3v) is 5.71. The van der Waals surface area contributed by atoms with Gasteiger partial charge in [0.05, 0.1) is 16.4 Å². The van der Waals surface area contributed by atoms with Gasteiger partial charge in [-0.2, -0.15) is 0 Å². The first kappa shape index (κ1) is 18.5. The molecular formula is C21H21ClN4O2. The van der Waals surface area contributed by atoms with E-state index in [1.165, 1.54) is 0 Å². The van der Waals surface area contributed by atoms with Crippen molar-refractivity contribution in [3.8, 4) is 0 Å². The van der Waals surface area contributed by atoms with E-state index in [1.54, 1.807) is 17.0 Å². The van der Waals surface area contributed by atoms with E-state index in [0.717, 1.165) is 22.4 Å². The van der Waals surface area contributed by atoms with Crippen molar-refractivity contribution in [2.75, 3.05) is 13.1 Å². The van der Waals surface area contributed by atoms with Crippen LogP contribution in [0.4, 0.5) is 0 Å². The van der Waals surface area contributed by atoms with Gasteiger partial charge in [0, 0.05) is 18.1 Å². The fraction of sp³-hybridized carbons (Fsp3) is 0.286. The van der Waals surface area contributed by atoms with Gasteiger partial charge in [-0.05, 0) is 43.2 Å². The van der Waals surface area contributed by atoms with Crippen molar-refractivity contribution in [3.05, 3.63) is 64.9 Å². The summed E-state index contributed by atoms with van der Waals surface area (Å²) in [6.07, 6.45) is 0.496. The molecule has 0 atom stereocenters. The van der Waals surface area contributed by atoms with Crippen LogP contribution in [0, 0.1) is 12.3 Å². The molecule has 0 saturated carbocycles. The minimum absolute atomic E-state index is 0.0424. The molecule has 6 nitrogen and oxygen atoms in total. The highest BCUT2D eigenvalue weighted by molar-refractivity contribution is 6.30. The predicted molar refractivity (Wildman–Crippen MR) is 108 cm³/mol. The molecular weight excluding hydrogens is 376 g/mol. The Labute approximate surface area is 167 Å². The number of nitrogens with zero attached hydrogens (tertiary/aromatic N) is 3. The number of aromatic nitrogens is 2. The molecule has 0 bridgehead atoms. The summed E-state index contributed by atoms with van der Waals surface area (Å²) in [6, 6.07) is 15.1. The number of para-hydroxylation sites is 2. The van der Waals surface area contributed by atoms with Gasteiger partial charge in [-0.15, -0.1) is 0 Å². The molecule has 1 fully saturated rings. The number of carbonyl (C=O) groups excluding carboxylic acids is 2. The molecule has 0 radical (unpaired) electrons. The van der Waals surface area contributed by atoms with E-state index in [-0.39, 0.29) is 18.4 Å². The van der Waals surface area contributed by atoms with Gasteiger partial charge in [0.1, 0.15) is 12.4 Å². The number of rotatable bonds is 5. The summed E-state index contributed by atoms with van der Waals surface area (Å²) in [4.78, 5) is 31.1. The minimum atomic E-state index is -0.727. The number of carbonyl (C=O) groups is 2. The van der Waals surface area contributed by atoms with Gasteiger partial charge in [0.25, 0.3) is 0 Å². The van der Waals surface area contributed by atoms with E-state index in [1.807, 2.05) is 47.9 Å². The SMILES string of the molecule is Cc1nc2ccccc2n1CC(=O)N1CC(Cc2ccc(Cl)cc2)(C(N)=O)C1. The van der Waals surface area contributed by atoms with E-state index in [2.05, 4.69) is 4.98 Å².